The van der Waals surface area contributed by atoms with Crippen LogP contribution in [0.4, 0.5) is 0 Å². The lowest BCUT2D eigenvalue weighted by Gasteiger charge is -2.26. The van der Waals surface area contributed by atoms with Gasteiger partial charge in [0, 0.05) is 23.0 Å². The van der Waals surface area contributed by atoms with Crippen LogP contribution in [0.15, 0.2) is 22.7 Å². The van der Waals surface area contributed by atoms with Crippen LogP contribution in [0.3, 0.4) is 0 Å². The van der Waals surface area contributed by atoms with Crippen molar-refractivity contribution in [3.63, 3.8) is 0 Å². The normalized spacial score (nSPS) is 23.7. The summed E-state index contributed by atoms with van der Waals surface area (Å²) in [5, 5.41) is 3.62. The van der Waals surface area contributed by atoms with Crippen LogP contribution in [0.1, 0.15) is 30.7 Å². The van der Waals surface area contributed by atoms with Crippen LogP contribution in [0.5, 0.6) is 5.75 Å². The van der Waals surface area contributed by atoms with E-state index in [0.717, 1.165) is 35.8 Å². The van der Waals surface area contributed by atoms with E-state index in [4.69, 9.17) is 4.74 Å². The molecular formula is C13H16BrNO. The molecule has 16 heavy (non-hydrogen) atoms. The molecule has 0 saturated heterocycles. The molecule has 1 unspecified atom stereocenters. The molecule has 3 heteroatoms. The smallest absolute Gasteiger partial charge is 0.122 e. The van der Waals surface area contributed by atoms with Crippen LogP contribution < -0.4 is 10.1 Å². The minimum atomic E-state index is 0.613. The van der Waals surface area contributed by atoms with Crippen LogP contribution >= 0.6 is 15.9 Å². The summed E-state index contributed by atoms with van der Waals surface area (Å²) in [5.41, 5.74) is 1.36. The fourth-order valence-electron chi connectivity index (χ4n) is 2.24. The molecule has 1 atom stereocenters. The Kier molecular flexibility index (Phi) is 2.90. The van der Waals surface area contributed by atoms with Crippen molar-refractivity contribution in [1.29, 1.82) is 0 Å². The Balaban J connectivity index is 1.77. The highest BCUT2D eigenvalue weighted by Crippen LogP contribution is 2.35. The topological polar surface area (TPSA) is 21.3 Å². The van der Waals surface area contributed by atoms with Gasteiger partial charge >= 0.3 is 0 Å². The largest absolute Gasteiger partial charge is 0.493 e. The van der Waals surface area contributed by atoms with Crippen molar-refractivity contribution in [3.05, 3.63) is 28.2 Å². The zero-order chi connectivity index (χ0) is 11.0. The maximum absolute atomic E-state index is 5.68. The lowest BCUT2D eigenvalue weighted by atomic mass is 9.93. The minimum Gasteiger partial charge on any atom is -0.493 e. The Morgan fingerprint density at radius 2 is 2.19 bits per heavy atom. The number of hydrogen-bond donors (Lipinski definition) is 1. The average molecular weight is 282 g/mol. The number of hydrogen-bond acceptors (Lipinski definition) is 2. The van der Waals surface area contributed by atoms with E-state index in [9.17, 15) is 0 Å². The Morgan fingerprint density at radius 3 is 3.00 bits per heavy atom. The van der Waals surface area contributed by atoms with Crippen molar-refractivity contribution in [2.75, 3.05) is 13.2 Å². The Morgan fingerprint density at radius 1 is 1.31 bits per heavy atom. The van der Waals surface area contributed by atoms with Crippen molar-refractivity contribution >= 4 is 15.9 Å². The molecule has 0 bridgehead atoms. The van der Waals surface area contributed by atoms with Gasteiger partial charge in [0.25, 0.3) is 0 Å². The summed E-state index contributed by atoms with van der Waals surface area (Å²) in [5.74, 6) is 1.68. The molecule has 2 nitrogen and oxygen atoms in total. The van der Waals surface area contributed by atoms with Crippen molar-refractivity contribution in [1.82, 2.24) is 5.32 Å². The quantitative estimate of drug-likeness (QED) is 0.920. The zero-order valence-corrected chi connectivity index (χ0v) is 10.8. The molecule has 2 aliphatic rings. The molecule has 86 valence electrons. The number of fused-ring (bicyclic) bond motifs is 1. The third-order valence-electron chi connectivity index (χ3n) is 3.37. The van der Waals surface area contributed by atoms with Gasteiger partial charge in [-0.05, 0) is 43.0 Å². The molecule has 0 spiro atoms. The van der Waals surface area contributed by atoms with E-state index in [0.29, 0.717) is 5.92 Å². The van der Waals surface area contributed by atoms with Crippen molar-refractivity contribution in [2.24, 2.45) is 0 Å². The summed E-state index contributed by atoms with van der Waals surface area (Å²) < 4.78 is 6.83. The van der Waals surface area contributed by atoms with Gasteiger partial charge in [-0.1, -0.05) is 15.9 Å². The van der Waals surface area contributed by atoms with Gasteiger partial charge in [0.05, 0.1) is 6.61 Å². The monoisotopic (exact) mass is 281 g/mol. The molecule has 1 heterocycles. The average Bonchev–Trinajstić information content (AvgIpc) is 3.10. The van der Waals surface area contributed by atoms with Gasteiger partial charge in [0.1, 0.15) is 5.75 Å². The first-order valence-corrected chi connectivity index (χ1v) is 6.78. The summed E-state index contributed by atoms with van der Waals surface area (Å²) in [6, 6.07) is 7.12. The summed E-state index contributed by atoms with van der Waals surface area (Å²) in [6.45, 7) is 1.95. The Labute approximate surface area is 105 Å². The van der Waals surface area contributed by atoms with Crippen LogP contribution in [-0.4, -0.2) is 19.2 Å². The molecule has 1 fully saturated rings. The van der Waals surface area contributed by atoms with Crippen molar-refractivity contribution in [2.45, 2.75) is 31.2 Å². The van der Waals surface area contributed by atoms with Crippen molar-refractivity contribution < 1.29 is 4.74 Å². The lowest BCUT2D eigenvalue weighted by Crippen LogP contribution is -2.27. The van der Waals surface area contributed by atoms with E-state index in [1.165, 1.54) is 18.4 Å². The molecule has 1 aromatic rings. The number of halogens is 1. The minimum absolute atomic E-state index is 0.613. The van der Waals surface area contributed by atoms with E-state index < -0.39 is 0 Å². The summed E-state index contributed by atoms with van der Waals surface area (Å²) in [7, 11) is 0. The SMILES string of the molecule is Brc1ccc2c(c1)C(CNC1CC1)CCO2. The van der Waals surface area contributed by atoms with Crippen LogP contribution in [0, 0.1) is 0 Å². The van der Waals surface area contributed by atoms with Crippen LogP contribution in [0.25, 0.3) is 0 Å². The highest BCUT2D eigenvalue weighted by Gasteiger charge is 2.25. The third kappa shape index (κ3) is 2.25. The molecule has 0 amide bonds. The molecule has 0 aromatic heterocycles. The summed E-state index contributed by atoms with van der Waals surface area (Å²) in [4.78, 5) is 0. The summed E-state index contributed by atoms with van der Waals surface area (Å²) >= 11 is 3.53. The lowest BCUT2D eigenvalue weighted by molar-refractivity contribution is 0.264. The Bertz CT molecular complexity index is 390. The van der Waals surface area contributed by atoms with Crippen LogP contribution in [0.2, 0.25) is 0 Å². The fourth-order valence-corrected chi connectivity index (χ4v) is 2.62. The molecule has 1 aliphatic carbocycles. The van der Waals surface area contributed by atoms with Gasteiger partial charge in [-0.15, -0.1) is 0 Å². The predicted octanol–water partition coefficient (Wildman–Crippen LogP) is 3.07. The van der Waals surface area contributed by atoms with E-state index in [2.05, 4.69) is 39.4 Å². The molecule has 1 aromatic carbocycles. The number of benzene rings is 1. The molecule has 3 rings (SSSR count). The summed E-state index contributed by atoms with van der Waals surface area (Å²) in [6.07, 6.45) is 3.84. The number of ether oxygens (including phenoxy) is 1. The molecule has 1 N–H and O–H groups in total. The van der Waals surface area contributed by atoms with Gasteiger partial charge in [-0.3, -0.25) is 0 Å². The second-order valence-corrected chi connectivity index (χ2v) is 5.61. The predicted molar refractivity (Wildman–Crippen MR) is 68.0 cm³/mol. The second kappa shape index (κ2) is 4.38. The standard InChI is InChI=1S/C13H16BrNO/c14-10-1-4-13-12(7-10)9(5-6-16-13)8-15-11-2-3-11/h1,4,7,9,11,15H,2-3,5-6,8H2. The first kappa shape index (κ1) is 10.6. The van der Waals surface area contributed by atoms with E-state index in [1.54, 1.807) is 0 Å². The van der Waals surface area contributed by atoms with Gasteiger partial charge in [0.2, 0.25) is 0 Å². The zero-order valence-electron chi connectivity index (χ0n) is 9.21. The molecule has 1 aliphatic heterocycles. The van der Waals surface area contributed by atoms with Crippen molar-refractivity contribution in [3.8, 4) is 5.75 Å². The van der Waals surface area contributed by atoms with Gasteiger partial charge in [0.15, 0.2) is 0 Å². The van der Waals surface area contributed by atoms with Crippen LogP contribution in [-0.2, 0) is 0 Å². The van der Waals surface area contributed by atoms with Gasteiger partial charge < -0.3 is 10.1 Å². The highest BCUT2D eigenvalue weighted by atomic mass is 79.9. The van der Waals surface area contributed by atoms with Gasteiger partial charge in [-0.2, -0.15) is 0 Å². The first-order valence-electron chi connectivity index (χ1n) is 5.98. The fraction of sp³-hybridized carbons (Fsp3) is 0.538. The Hall–Kier alpha value is -0.540. The number of rotatable bonds is 3. The van der Waals surface area contributed by atoms with E-state index >= 15 is 0 Å². The third-order valence-corrected chi connectivity index (χ3v) is 3.86. The number of nitrogens with one attached hydrogen (secondary N) is 1. The molecule has 1 saturated carbocycles. The maximum Gasteiger partial charge on any atom is 0.122 e. The molecule has 0 radical (unpaired) electrons. The van der Waals surface area contributed by atoms with E-state index in [1.807, 2.05) is 0 Å². The van der Waals surface area contributed by atoms with Gasteiger partial charge in [-0.25, -0.2) is 0 Å². The first-order chi connectivity index (χ1) is 7.83. The molecular weight excluding hydrogens is 266 g/mol. The van der Waals surface area contributed by atoms with E-state index in [-0.39, 0.29) is 0 Å². The second-order valence-electron chi connectivity index (χ2n) is 4.70. The maximum atomic E-state index is 5.68. The highest BCUT2D eigenvalue weighted by molar-refractivity contribution is 9.10.